The highest BCUT2D eigenvalue weighted by Gasteiger charge is 1.99. The molecule has 0 radical (unpaired) electrons. The Morgan fingerprint density at radius 2 is 1.75 bits per heavy atom. The fraction of sp³-hybridized carbons (Fsp3) is 0.400. The van der Waals surface area contributed by atoms with E-state index in [-0.39, 0.29) is 6.54 Å². The van der Waals surface area contributed by atoms with Crippen LogP contribution in [-0.4, -0.2) is 34.9 Å². The van der Waals surface area contributed by atoms with Crippen LogP contribution in [0.15, 0.2) is 24.3 Å². The molecule has 0 aliphatic rings. The molecule has 0 heterocycles. The quantitative estimate of drug-likeness (QED) is 0.746. The average molecular weight is 245 g/mol. The highest BCUT2D eigenvalue weighted by Crippen LogP contribution is 2.16. The van der Waals surface area contributed by atoms with Crippen LogP contribution in [-0.2, 0) is 10.0 Å². The van der Waals surface area contributed by atoms with Gasteiger partial charge in [-0.2, -0.15) is 0 Å². The monoisotopic (exact) mass is 245 g/mol. The summed E-state index contributed by atoms with van der Waals surface area (Å²) in [7, 11) is -1.55. The zero-order valence-corrected chi connectivity index (χ0v) is 10.1. The first-order chi connectivity index (χ1) is 7.51. The van der Waals surface area contributed by atoms with Crippen molar-refractivity contribution >= 4 is 10.0 Å². The van der Waals surface area contributed by atoms with Crippen molar-refractivity contribution in [3.63, 3.8) is 0 Å². The lowest BCUT2D eigenvalue weighted by molar-refractivity contribution is 0.322. The normalized spacial score (nSPS) is 11.1. The molecule has 1 N–H and O–H groups in total. The van der Waals surface area contributed by atoms with Crippen molar-refractivity contribution in [2.24, 2.45) is 0 Å². The van der Waals surface area contributed by atoms with Crippen molar-refractivity contribution in [1.82, 2.24) is 4.72 Å². The molecular weight excluding hydrogens is 230 g/mol. The number of sulfonamides is 1. The van der Waals surface area contributed by atoms with Crippen LogP contribution in [0, 0.1) is 0 Å². The van der Waals surface area contributed by atoms with Gasteiger partial charge >= 0.3 is 0 Å². The highest BCUT2D eigenvalue weighted by molar-refractivity contribution is 7.88. The smallest absolute Gasteiger partial charge is 0.208 e. The molecule has 0 saturated heterocycles. The van der Waals surface area contributed by atoms with Crippen molar-refractivity contribution in [3.05, 3.63) is 24.3 Å². The van der Waals surface area contributed by atoms with Crippen LogP contribution >= 0.6 is 0 Å². The topological polar surface area (TPSA) is 64.6 Å². The third kappa shape index (κ3) is 4.99. The second kappa shape index (κ2) is 5.72. The maximum Gasteiger partial charge on any atom is 0.208 e. The van der Waals surface area contributed by atoms with E-state index in [0.29, 0.717) is 12.4 Å². The molecule has 1 aromatic carbocycles. The van der Waals surface area contributed by atoms with E-state index in [1.54, 1.807) is 31.4 Å². The van der Waals surface area contributed by atoms with Gasteiger partial charge in [0.1, 0.15) is 18.1 Å². The Labute approximate surface area is 95.4 Å². The maximum absolute atomic E-state index is 10.7. The summed E-state index contributed by atoms with van der Waals surface area (Å²) in [6.45, 7) is 0.546. The Morgan fingerprint density at radius 3 is 2.25 bits per heavy atom. The minimum absolute atomic E-state index is 0.255. The Balaban J connectivity index is 2.32. The molecule has 1 rings (SSSR count). The molecule has 5 nitrogen and oxygen atoms in total. The lowest BCUT2D eigenvalue weighted by Crippen LogP contribution is -2.26. The van der Waals surface area contributed by atoms with E-state index < -0.39 is 10.0 Å². The zero-order chi connectivity index (χ0) is 12.0. The van der Waals surface area contributed by atoms with Gasteiger partial charge < -0.3 is 9.47 Å². The molecule has 90 valence electrons. The summed E-state index contributed by atoms with van der Waals surface area (Å²) in [6.07, 6.45) is 1.11. The Kier molecular flexibility index (Phi) is 4.57. The fourth-order valence-electron chi connectivity index (χ4n) is 1.07. The summed E-state index contributed by atoms with van der Waals surface area (Å²) < 4.78 is 34.1. The minimum Gasteiger partial charge on any atom is -0.497 e. The van der Waals surface area contributed by atoms with Gasteiger partial charge in [0, 0.05) is 6.54 Å². The largest absolute Gasteiger partial charge is 0.497 e. The van der Waals surface area contributed by atoms with Gasteiger partial charge in [-0.15, -0.1) is 0 Å². The molecule has 0 unspecified atom stereocenters. The first-order valence-corrected chi connectivity index (χ1v) is 6.62. The van der Waals surface area contributed by atoms with Crippen LogP contribution in [0.25, 0.3) is 0 Å². The van der Waals surface area contributed by atoms with Gasteiger partial charge in [-0.25, -0.2) is 13.1 Å². The third-order valence-electron chi connectivity index (χ3n) is 1.79. The van der Waals surface area contributed by atoms with Gasteiger partial charge in [0.2, 0.25) is 10.0 Å². The lowest BCUT2D eigenvalue weighted by Gasteiger charge is -2.07. The van der Waals surface area contributed by atoms with Crippen molar-refractivity contribution < 1.29 is 17.9 Å². The summed E-state index contributed by atoms with van der Waals surface area (Å²) in [5.41, 5.74) is 0. The molecule has 0 aromatic heterocycles. The number of nitrogens with one attached hydrogen (secondary N) is 1. The van der Waals surface area contributed by atoms with E-state index in [2.05, 4.69) is 4.72 Å². The molecule has 6 heteroatoms. The van der Waals surface area contributed by atoms with Crippen molar-refractivity contribution in [2.75, 3.05) is 26.5 Å². The van der Waals surface area contributed by atoms with Gasteiger partial charge in [0.15, 0.2) is 0 Å². The minimum atomic E-state index is -3.14. The van der Waals surface area contributed by atoms with Crippen LogP contribution in [0.1, 0.15) is 0 Å². The van der Waals surface area contributed by atoms with Crippen LogP contribution < -0.4 is 14.2 Å². The lowest BCUT2D eigenvalue weighted by atomic mass is 10.3. The van der Waals surface area contributed by atoms with E-state index in [9.17, 15) is 8.42 Å². The Bertz CT molecular complexity index is 413. The number of rotatable bonds is 6. The molecule has 16 heavy (non-hydrogen) atoms. The molecule has 0 bridgehead atoms. The number of benzene rings is 1. The standard InChI is InChI=1S/C10H15NO4S/c1-14-9-3-5-10(6-4-9)15-8-7-11-16(2,12)13/h3-6,11H,7-8H2,1-2H3. The number of ether oxygens (including phenoxy) is 2. The second-order valence-corrected chi connectivity index (χ2v) is 5.02. The summed E-state index contributed by atoms with van der Waals surface area (Å²) in [5.74, 6) is 1.43. The van der Waals surface area contributed by atoms with Crippen LogP contribution in [0.2, 0.25) is 0 Å². The van der Waals surface area contributed by atoms with E-state index >= 15 is 0 Å². The summed E-state index contributed by atoms with van der Waals surface area (Å²) in [5, 5.41) is 0. The average Bonchev–Trinajstić information content (AvgIpc) is 2.24. The Morgan fingerprint density at radius 1 is 1.19 bits per heavy atom. The number of hydrogen-bond donors (Lipinski definition) is 1. The third-order valence-corrected chi connectivity index (χ3v) is 2.52. The van der Waals surface area contributed by atoms with E-state index in [0.717, 1.165) is 12.0 Å². The molecule has 0 aliphatic carbocycles. The van der Waals surface area contributed by atoms with Gasteiger partial charge in [0.05, 0.1) is 13.4 Å². The SMILES string of the molecule is COc1ccc(OCCNS(C)(=O)=O)cc1. The van der Waals surface area contributed by atoms with Crippen molar-refractivity contribution in [2.45, 2.75) is 0 Å². The van der Waals surface area contributed by atoms with Crippen molar-refractivity contribution in [1.29, 1.82) is 0 Å². The molecule has 0 spiro atoms. The summed E-state index contributed by atoms with van der Waals surface area (Å²) in [4.78, 5) is 0. The predicted molar refractivity (Wildman–Crippen MR) is 61.3 cm³/mol. The second-order valence-electron chi connectivity index (χ2n) is 3.19. The van der Waals surface area contributed by atoms with E-state index in [1.165, 1.54) is 0 Å². The Hall–Kier alpha value is -1.27. The van der Waals surface area contributed by atoms with Crippen molar-refractivity contribution in [3.8, 4) is 11.5 Å². The van der Waals surface area contributed by atoms with Gasteiger partial charge in [-0.1, -0.05) is 0 Å². The molecule has 1 aromatic rings. The fourth-order valence-corrected chi connectivity index (χ4v) is 1.52. The zero-order valence-electron chi connectivity index (χ0n) is 9.26. The molecule has 0 amide bonds. The predicted octanol–water partition coefficient (Wildman–Crippen LogP) is 0.623. The molecule has 0 aliphatic heterocycles. The first kappa shape index (κ1) is 12.8. The summed E-state index contributed by atoms with van der Waals surface area (Å²) >= 11 is 0. The highest BCUT2D eigenvalue weighted by atomic mass is 32.2. The first-order valence-electron chi connectivity index (χ1n) is 4.73. The van der Waals surface area contributed by atoms with Crippen LogP contribution in [0.3, 0.4) is 0 Å². The molecule has 0 saturated carbocycles. The van der Waals surface area contributed by atoms with Gasteiger partial charge in [-0.05, 0) is 24.3 Å². The number of methoxy groups -OCH3 is 1. The molecular formula is C10H15NO4S. The van der Waals surface area contributed by atoms with Crippen LogP contribution in [0.4, 0.5) is 0 Å². The van der Waals surface area contributed by atoms with E-state index in [1.807, 2.05) is 0 Å². The molecule has 0 atom stereocenters. The number of hydrogen-bond acceptors (Lipinski definition) is 4. The van der Waals surface area contributed by atoms with Gasteiger partial charge in [-0.3, -0.25) is 0 Å². The van der Waals surface area contributed by atoms with Crippen LogP contribution in [0.5, 0.6) is 11.5 Å². The van der Waals surface area contributed by atoms with E-state index in [4.69, 9.17) is 9.47 Å². The van der Waals surface area contributed by atoms with Gasteiger partial charge in [0.25, 0.3) is 0 Å². The maximum atomic E-state index is 10.7. The summed E-state index contributed by atoms with van der Waals surface area (Å²) in [6, 6.07) is 7.08. The molecule has 0 fully saturated rings.